The van der Waals surface area contributed by atoms with Crippen molar-refractivity contribution in [3.8, 4) is 16.6 Å². The fourth-order valence-corrected chi connectivity index (χ4v) is 4.82. The summed E-state index contributed by atoms with van der Waals surface area (Å²) in [5.41, 5.74) is 3.58. The molecule has 2 amide bonds. The number of fused-ring (bicyclic) bond motifs is 1. The normalized spacial score (nSPS) is 18.0. The van der Waals surface area contributed by atoms with E-state index in [1.807, 2.05) is 44.2 Å². The molecule has 4 rings (SSSR count). The number of nitrogens with one attached hydrogen (secondary N) is 1. The lowest BCUT2D eigenvalue weighted by molar-refractivity contribution is 0.0257. The number of allylic oxidation sites excluding steroid dienone is 3. The van der Waals surface area contributed by atoms with Gasteiger partial charge in [0.25, 0.3) is 0 Å². The van der Waals surface area contributed by atoms with Crippen LogP contribution in [0.3, 0.4) is 0 Å². The molecule has 8 nitrogen and oxygen atoms in total. The highest BCUT2D eigenvalue weighted by molar-refractivity contribution is 7.15. The maximum absolute atomic E-state index is 12.4. The largest absolute Gasteiger partial charge is 0.490 e. The van der Waals surface area contributed by atoms with Crippen LogP contribution in [0.15, 0.2) is 48.3 Å². The molecule has 1 aromatic carbocycles. The summed E-state index contributed by atoms with van der Waals surface area (Å²) in [4.78, 5) is 14.0. The minimum atomic E-state index is -0.413. The van der Waals surface area contributed by atoms with E-state index in [4.69, 9.17) is 10.00 Å². The number of hydrogen-bond acceptors (Lipinski definition) is 7. The first-order chi connectivity index (χ1) is 16.4. The zero-order valence-electron chi connectivity index (χ0n) is 19.2. The predicted molar refractivity (Wildman–Crippen MR) is 131 cm³/mol. The number of benzene rings is 1. The van der Waals surface area contributed by atoms with Crippen molar-refractivity contribution in [3.63, 3.8) is 0 Å². The number of hydrogen-bond donors (Lipinski definition) is 2. The third-order valence-corrected chi connectivity index (χ3v) is 6.59. The average Bonchev–Trinajstić information content (AvgIpc) is 3.42. The maximum Gasteiger partial charge on any atom is 0.318 e. The third kappa shape index (κ3) is 5.19. The van der Waals surface area contributed by atoms with E-state index in [1.54, 1.807) is 17.1 Å². The van der Waals surface area contributed by atoms with Crippen LogP contribution in [0.25, 0.3) is 16.6 Å². The van der Waals surface area contributed by atoms with Crippen LogP contribution in [0, 0.1) is 11.3 Å². The van der Waals surface area contributed by atoms with Gasteiger partial charge in [0.15, 0.2) is 0 Å². The summed E-state index contributed by atoms with van der Waals surface area (Å²) in [6.45, 7) is 8.28. The van der Waals surface area contributed by atoms with Gasteiger partial charge in [0, 0.05) is 5.56 Å². The number of urea groups is 1. The molecule has 0 bridgehead atoms. The van der Waals surface area contributed by atoms with Crippen molar-refractivity contribution in [2.45, 2.75) is 44.9 Å². The molecule has 2 N–H and O–H groups in total. The van der Waals surface area contributed by atoms with Crippen LogP contribution in [-0.4, -0.2) is 51.5 Å². The van der Waals surface area contributed by atoms with Gasteiger partial charge in [0.05, 0.1) is 36.9 Å². The minimum Gasteiger partial charge on any atom is -0.490 e. The van der Waals surface area contributed by atoms with Crippen molar-refractivity contribution in [1.82, 2.24) is 20.4 Å². The van der Waals surface area contributed by atoms with Crippen molar-refractivity contribution < 1.29 is 14.6 Å². The highest BCUT2D eigenvalue weighted by Gasteiger charge is 2.32. The number of aliphatic hydroxyl groups is 1. The van der Waals surface area contributed by atoms with Crippen LogP contribution < -0.4 is 5.32 Å². The molecule has 34 heavy (non-hydrogen) atoms. The van der Waals surface area contributed by atoms with Crippen molar-refractivity contribution in [2.75, 3.05) is 13.1 Å². The Labute approximate surface area is 202 Å². The number of aromatic nitrogens is 2. The number of carbonyl (C=O) groups is 1. The minimum absolute atomic E-state index is 0.0507. The molecular formula is C25H27N5O3S. The van der Waals surface area contributed by atoms with Gasteiger partial charge in [0.1, 0.15) is 21.8 Å². The van der Waals surface area contributed by atoms with Gasteiger partial charge in [-0.2, -0.15) is 5.26 Å². The summed E-state index contributed by atoms with van der Waals surface area (Å²) in [5.74, 6) is 0.431. The number of β-amino-alcohol motifs (C(OH)–C–C–N with tert-alkyl or cyclic N) is 1. The van der Waals surface area contributed by atoms with Crippen molar-refractivity contribution in [1.29, 1.82) is 5.26 Å². The second kappa shape index (κ2) is 10.2. The Morgan fingerprint density at radius 2 is 2.21 bits per heavy atom. The Morgan fingerprint density at radius 3 is 2.91 bits per heavy atom. The Hall–Kier alpha value is -3.48. The Kier molecular flexibility index (Phi) is 7.10. The fourth-order valence-electron chi connectivity index (χ4n) is 4.01. The number of nitrogens with zero attached hydrogens (tertiary/aromatic N) is 4. The zero-order valence-corrected chi connectivity index (χ0v) is 20.0. The highest BCUT2D eigenvalue weighted by atomic mass is 32.1. The first kappa shape index (κ1) is 23.7. The number of carbonyl (C=O) groups excluding carboxylic acids is 1. The summed E-state index contributed by atoms with van der Waals surface area (Å²) >= 11 is 1.47. The van der Waals surface area contributed by atoms with Gasteiger partial charge in [0.2, 0.25) is 0 Å². The van der Waals surface area contributed by atoms with Gasteiger partial charge in [-0.05, 0) is 50.0 Å². The third-order valence-electron chi connectivity index (χ3n) is 5.67. The first-order valence-corrected chi connectivity index (χ1v) is 12.0. The van der Waals surface area contributed by atoms with Gasteiger partial charge in [-0.25, -0.2) is 4.79 Å². The maximum atomic E-state index is 12.4. The van der Waals surface area contributed by atoms with E-state index in [-0.39, 0.29) is 23.8 Å². The van der Waals surface area contributed by atoms with E-state index in [0.717, 1.165) is 34.0 Å². The summed E-state index contributed by atoms with van der Waals surface area (Å²) in [6, 6.07) is 7.89. The van der Waals surface area contributed by atoms with E-state index in [2.05, 4.69) is 22.1 Å². The second-order valence-corrected chi connectivity index (χ2v) is 9.57. The molecule has 1 fully saturated rings. The molecule has 0 radical (unpaired) electrons. The topological polar surface area (TPSA) is 111 Å². The van der Waals surface area contributed by atoms with Crippen LogP contribution in [0.1, 0.15) is 42.4 Å². The summed E-state index contributed by atoms with van der Waals surface area (Å²) < 4.78 is 5.64. The van der Waals surface area contributed by atoms with Crippen molar-refractivity contribution in [2.24, 2.45) is 0 Å². The van der Waals surface area contributed by atoms with Gasteiger partial charge in [-0.1, -0.05) is 42.2 Å². The van der Waals surface area contributed by atoms with Crippen molar-refractivity contribution in [3.05, 3.63) is 64.4 Å². The zero-order chi connectivity index (χ0) is 24.2. The molecule has 0 unspecified atom stereocenters. The van der Waals surface area contributed by atoms with E-state index < -0.39 is 6.10 Å². The quantitative estimate of drug-likeness (QED) is 0.354. The molecule has 2 aromatic rings. The molecule has 176 valence electrons. The van der Waals surface area contributed by atoms with Crippen molar-refractivity contribution >= 4 is 23.4 Å². The number of rotatable bonds is 7. The summed E-state index contributed by atoms with van der Waals surface area (Å²) in [5, 5.41) is 31.8. The molecule has 0 saturated carbocycles. The smallest absolute Gasteiger partial charge is 0.318 e. The van der Waals surface area contributed by atoms with Gasteiger partial charge >= 0.3 is 6.03 Å². The molecule has 2 aliphatic rings. The molecule has 0 spiro atoms. The number of aliphatic hydroxyl groups excluding tert-OH is 1. The lowest BCUT2D eigenvalue weighted by atomic mass is 10.0. The highest BCUT2D eigenvalue weighted by Crippen LogP contribution is 2.39. The van der Waals surface area contributed by atoms with Gasteiger partial charge < -0.3 is 20.1 Å². The predicted octanol–water partition coefficient (Wildman–Crippen LogP) is 3.98. The monoisotopic (exact) mass is 477 g/mol. The van der Waals surface area contributed by atoms with E-state index in [0.29, 0.717) is 18.8 Å². The molecule has 1 atom stereocenters. The van der Waals surface area contributed by atoms with Crippen LogP contribution in [0.2, 0.25) is 0 Å². The SMILES string of the molecule is C=C(C#N)/C(=C\C=C\c1nnc(-c2cccc3c2CC[C@@H]3NC(=O)N2CC(O)C2)s1)OC(C)C. The van der Waals surface area contributed by atoms with Crippen LogP contribution >= 0.6 is 11.3 Å². The van der Waals surface area contributed by atoms with Crippen LogP contribution in [0.5, 0.6) is 0 Å². The number of likely N-dealkylation sites (tertiary alicyclic amines) is 1. The van der Waals surface area contributed by atoms with E-state index in [9.17, 15) is 9.90 Å². The Morgan fingerprint density at radius 1 is 1.41 bits per heavy atom. The second-order valence-electron chi connectivity index (χ2n) is 8.57. The van der Waals surface area contributed by atoms with E-state index >= 15 is 0 Å². The lowest BCUT2D eigenvalue weighted by Gasteiger charge is -2.36. The molecule has 1 aromatic heterocycles. The van der Waals surface area contributed by atoms with Crippen LogP contribution in [0.4, 0.5) is 4.79 Å². The Bertz CT molecular complexity index is 1190. The van der Waals surface area contributed by atoms with Gasteiger partial charge in [-0.3, -0.25) is 0 Å². The first-order valence-electron chi connectivity index (χ1n) is 11.2. The fraction of sp³-hybridized carbons (Fsp3) is 0.360. The number of nitriles is 1. The molecular weight excluding hydrogens is 450 g/mol. The molecule has 1 saturated heterocycles. The Balaban J connectivity index is 1.48. The number of amides is 2. The lowest BCUT2D eigenvalue weighted by Crippen LogP contribution is -2.57. The molecule has 9 heteroatoms. The summed E-state index contributed by atoms with van der Waals surface area (Å²) in [7, 11) is 0. The van der Waals surface area contributed by atoms with E-state index in [1.165, 1.54) is 16.9 Å². The molecule has 1 aliphatic heterocycles. The molecule has 1 aliphatic carbocycles. The van der Waals surface area contributed by atoms with Crippen LogP contribution in [-0.2, 0) is 11.2 Å². The standard InChI is InChI=1S/C25H27N5O3S/c1-15(2)33-22(16(3)12-26)8-5-9-23-28-29-24(34-23)20-7-4-6-19-18(20)10-11-21(19)27-25(32)30-13-17(31)14-30/h4-9,15,17,21,31H,3,10-11,13-14H2,1-2H3,(H,27,32)/b9-5+,22-8+/t21-/m0/s1. The average molecular weight is 478 g/mol. The summed E-state index contributed by atoms with van der Waals surface area (Å²) in [6.07, 6.45) is 6.50. The molecule has 2 heterocycles. The number of ether oxygens (including phenoxy) is 1. The van der Waals surface area contributed by atoms with Gasteiger partial charge in [-0.15, -0.1) is 10.2 Å².